The van der Waals surface area contributed by atoms with Gasteiger partial charge in [-0.25, -0.2) is 4.79 Å². The van der Waals surface area contributed by atoms with E-state index in [1.165, 1.54) is 6.42 Å². The van der Waals surface area contributed by atoms with E-state index in [1.807, 2.05) is 0 Å². The largest absolute Gasteiger partial charge is 0.446 e. The monoisotopic (exact) mass is 351 g/mol. The maximum atomic E-state index is 11.5. The number of carbonyl (C=O) groups excluding carboxylic acids is 1. The third kappa shape index (κ3) is 14.8. The first-order valence-electron chi connectivity index (χ1n) is 8.91. The zero-order valence-electron chi connectivity index (χ0n) is 15.0. The maximum Gasteiger partial charge on any atom is 0.407 e. The highest BCUT2D eigenvalue weighted by molar-refractivity contribution is 7.80. The Morgan fingerprint density at radius 3 is 2.17 bits per heavy atom. The number of carbonyl (C=O) groups is 1. The van der Waals surface area contributed by atoms with Crippen LogP contribution >= 0.6 is 12.6 Å². The summed E-state index contributed by atoms with van der Waals surface area (Å²) >= 11 is 4.42. The fraction of sp³-hybridized carbons (Fsp3) is 0.941. The summed E-state index contributed by atoms with van der Waals surface area (Å²) in [6.45, 7) is 9.19. The fourth-order valence-electron chi connectivity index (χ4n) is 2.05. The summed E-state index contributed by atoms with van der Waals surface area (Å²) in [7, 11) is 0. The van der Waals surface area contributed by atoms with Crippen LogP contribution in [-0.4, -0.2) is 50.4 Å². The van der Waals surface area contributed by atoms with E-state index < -0.39 is 0 Å². The van der Waals surface area contributed by atoms with Crippen molar-refractivity contribution in [3.63, 3.8) is 0 Å². The predicted molar refractivity (Wildman–Crippen MR) is 99.5 cm³/mol. The number of alkyl carbamates (subject to hydrolysis) is 1. The molecule has 1 fully saturated rings. The van der Waals surface area contributed by atoms with E-state index in [0.717, 1.165) is 38.7 Å². The van der Waals surface area contributed by atoms with E-state index in [4.69, 9.17) is 14.2 Å². The third-order valence-corrected chi connectivity index (χ3v) is 3.67. The zero-order valence-corrected chi connectivity index (χ0v) is 15.9. The Hall–Kier alpha value is -0.460. The Kier molecular flexibility index (Phi) is 16.1. The maximum absolute atomic E-state index is 11.5. The van der Waals surface area contributed by atoms with Crippen LogP contribution in [0.4, 0.5) is 4.79 Å². The quantitative estimate of drug-likeness (QED) is 0.486. The van der Waals surface area contributed by atoms with Gasteiger partial charge >= 0.3 is 6.09 Å². The number of hydrogen-bond acceptors (Lipinski definition) is 5. The molecular weight excluding hydrogens is 314 g/mol. The summed E-state index contributed by atoms with van der Waals surface area (Å²) in [4.78, 5) is 11.5. The molecule has 0 bridgehead atoms. The molecule has 0 aromatic heterocycles. The van der Waals surface area contributed by atoms with Crippen LogP contribution in [-0.2, 0) is 14.2 Å². The van der Waals surface area contributed by atoms with Gasteiger partial charge in [0.2, 0.25) is 0 Å². The lowest BCUT2D eigenvalue weighted by Crippen LogP contribution is -2.33. The summed E-state index contributed by atoms with van der Waals surface area (Å²) in [5.74, 6) is 0. The summed E-state index contributed by atoms with van der Waals surface area (Å²) in [5.41, 5.74) is 0. The van der Waals surface area contributed by atoms with Gasteiger partial charge < -0.3 is 19.5 Å². The van der Waals surface area contributed by atoms with E-state index in [1.54, 1.807) is 0 Å². The average Bonchev–Trinajstić information content (AvgIpc) is 2.53. The molecule has 6 heteroatoms. The van der Waals surface area contributed by atoms with Crippen molar-refractivity contribution >= 4 is 18.7 Å². The van der Waals surface area contributed by atoms with Crippen molar-refractivity contribution in [2.45, 2.75) is 70.7 Å². The second kappa shape index (κ2) is 16.4. The zero-order chi connectivity index (χ0) is 17.3. The Labute approximate surface area is 148 Å². The molecule has 0 aliphatic heterocycles. The van der Waals surface area contributed by atoms with Crippen LogP contribution < -0.4 is 5.32 Å². The Morgan fingerprint density at radius 1 is 1.04 bits per heavy atom. The number of nitrogens with one attached hydrogen (secondary N) is 1. The fourth-order valence-corrected chi connectivity index (χ4v) is 2.35. The summed E-state index contributed by atoms with van der Waals surface area (Å²) in [5, 5.41) is 3.16. The molecule has 1 aliphatic carbocycles. The molecule has 0 unspecified atom stereocenters. The van der Waals surface area contributed by atoms with Crippen molar-refractivity contribution < 1.29 is 20.4 Å². The van der Waals surface area contributed by atoms with Crippen LogP contribution in [0.2, 0.25) is 0 Å². The van der Waals surface area contributed by atoms with Gasteiger partial charge in [-0.3, -0.25) is 0 Å². The topological polar surface area (TPSA) is 56.8 Å². The van der Waals surface area contributed by atoms with E-state index in [9.17, 15) is 4.79 Å². The van der Waals surface area contributed by atoms with Crippen molar-refractivity contribution in [2.75, 3.05) is 33.0 Å². The lowest BCUT2D eigenvalue weighted by atomic mass is 9.97. The molecule has 1 N–H and O–H groups in total. The predicted octanol–water partition coefficient (Wildman–Crippen LogP) is 4.06. The lowest BCUT2D eigenvalue weighted by Gasteiger charge is -2.25. The first kappa shape index (κ1) is 22.5. The second-order valence-electron chi connectivity index (χ2n) is 5.69. The molecule has 0 saturated heterocycles. The van der Waals surface area contributed by atoms with Gasteiger partial charge in [0, 0.05) is 19.8 Å². The van der Waals surface area contributed by atoms with Crippen LogP contribution in [0.5, 0.6) is 0 Å². The van der Waals surface area contributed by atoms with E-state index in [2.05, 4.69) is 38.7 Å². The number of hydrogen-bond donors (Lipinski definition) is 2. The van der Waals surface area contributed by atoms with Gasteiger partial charge in [-0.2, -0.15) is 12.6 Å². The number of thiol groups is 1. The number of amides is 1. The minimum absolute atomic E-state index is 0. The molecule has 1 saturated carbocycles. The lowest BCUT2D eigenvalue weighted by molar-refractivity contribution is 0.0458. The van der Waals surface area contributed by atoms with Crippen molar-refractivity contribution in [3.8, 4) is 0 Å². The Balaban J connectivity index is 0. The summed E-state index contributed by atoms with van der Waals surface area (Å²) in [6, 6.07) is 0. The SMILES string of the molecule is CCC.CCCOCCOCCNC(=O)OC1CCC(S)CC1.[HH]. The molecule has 1 rings (SSSR count). The van der Waals surface area contributed by atoms with Crippen molar-refractivity contribution in [2.24, 2.45) is 0 Å². The van der Waals surface area contributed by atoms with Crippen LogP contribution in [0.3, 0.4) is 0 Å². The highest BCUT2D eigenvalue weighted by Crippen LogP contribution is 2.24. The van der Waals surface area contributed by atoms with Crippen LogP contribution in [0.25, 0.3) is 0 Å². The van der Waals surface area contributed by atoms with Crippen LogP contribution in [0.15, 0.2) is 0 Å². The molecule has 140 valence electrons. The summed E-state index contributed by atoms with van der Waals surface area (Å²) in [6.07, 6.45) is 5.81. The minimum Gasteiger partial charge on any atom is -0.446 e. The molecule has 1 amide bonds. The molecule has 0 atom stereocenters. The van der Waals surface area contributed by atoms with Crippen LogP contribution in [0.1, 0.15) is 60.7 Å². The van der Waals surface area contributed by atoms with Gasteiger partial charge in [0.25, 0.3) is 0 Å². The van der Waals surface area contributed by atoms with Crippen LogP contribution in [0, 0.1) is 0 Å². The Morgan fingerprint density at radius 2 is 1.61 bits per heavy atom. The smallest absolute Gasteiger partial charge is 0.407 e. The van der Waals surface area contributed by atoms with Gasteiger partial charge in [0.05, 0.1) is 19.8 Å². The minimum atomic E-state index is -0.349. The van der Waals surface area contributed by atoms with Gasteiger partial charge in [-0.1, -0.05) is 27.2 Å². The molecule has 0 heterocycles. The first-order valence-corrected chi connectivity index (χ1v) is 9.43. The molecule has 0 spiro atoms. The van der Waals surface area contributed by atoms with Gasteiger partial charge in [0.1, 0.15) is 6.10 Å². The Bertz CT molecular complexity index is 277. The third-order valence-electron chi connectivity index (χ3n) is 3.15. The first-order chi connectivity index (χ1) is 11.1. The van der Waals surface area contributed by atoms with Gasteiger partial charge in [0.15, 0.2) is 0 Å². The molecule has 0 aromatic rings. The molecule has 23 heavy (non-hydrogen) atoms. The standard InChI is InChI=1S/C14H27NO4S.C3H8.H2/c1-2-8-17-10-11-18-9-7-15-14(16)19-12-3-5-13(20)6-4-12;1-3-2;/h12-13,20H,2-11H2,1H3,(H,15,16);3H2,1-2H3;1H. The molecule has 5 nitrogen and oxygen atoms in total. The van der Waals surface area contributed by atoms with E-state index in [-0.39, 0.29) is 13.6 Å². The normalized spacial score (nSPS) is 20.3. The van der Waals surface area contributed by atoms with E-state index >= 15 is 0 Å². The van der Waals surface area contributed by atoms with Gasteiger partial charge in [-0.15, -0.1) is 0 Å². The highest BCUT2D eigenvalue weighted by Gasteiger charge is 2.21. The van der Waals surface area contributed by atoms with Crippen molar-refractivity contribution in [1.82, 2.24) is 5.32 Å². The van der Waals surface area contributed by atoms with Crippen molar-refractivity contribution in [1.29, 1.82) is 0 Å². The van der Waals surface area contributed by atoms with Gasteiger partial charge in [-0.05, 0) is 32.1 Å². The molecule has 0 radical (unpaired) electrons. The average molecular weight is 352 g/mol. The summed E-state index contributed by atoms with van der Waals surface area (Å²) < 4.78 is 15.9. The number of ether oxygens (including phenoxy) is 3. The molecule has 0 aromatic carbocycles. The number of rotatable bonds is 9. The second-order valence-corrected chi connectivity index (χ2v) is 6.42. The molecule has 1 aliphatic rings. The highest BCUT2D eigenvalue weighted by atomic mass is 32.1. The van der Waals surface area contributed by atoms with Crippen molar-refractivity contribution in [3.05, 3.63) is 0 Å². The molecular formula is C17H37NO4S. The van der Waals surface area contributed by atoms with E-state index in [0.29, 0.717) is 31.6 Å².